The van der Waals surface area contributed by atoms with E-state index in [1.165, 1.54) is 29.5 Å². The van der Waals surface area contributed by atoms with Gasteiger partial charge in [-0.25, -0.2) is 13.4 Å². The SMILES string of the molecule is CCN(Cc1ccccc1Cl)c1ccc(N=Nc2nc3ccc(S(=O)(=O)[O-])cc3s2)cc1C.[Na+]. The van der Waals surface area contributed by atoms with Gasteiger partial charge >= 0.3 is 29.6 Å². The summed E-state index contributed by atoms with van der Waals surface area (Å²) in [5.74, 6) is 0. The van der Waals surface area contributed by atoms with Gasteiger partial charge in [0.1, 0.15) is 10.1 Å². The first kappa shape index (κ1) is 26.7. The van der Waals surface area contributed by atoms with E-state index < -0.39 is 10.1 Å². The first-order valence-corrected chi connectivity index (χ1v) is 12.7. The van der Waals surface area contributed by atoms with Gasteiger partial charge in [-0.05, 0) is 67.4 Å². The molecule has 0 amide bonds. The Bertz CT molecular complexity index is 1460. The second-order valence-corrected chi connectivity index (χ2v) is 10.2. The number of rotatable bonds is 7. The molecule has 0 saturated carbocycles. The molecule has 0 aliphatic carbocycles. The van der Waals surface area contributed by atoms with Crippen LogP contribution in [0.4, 0.5) is 16.5 Å². The third-order valence-electron chi connectivity index (χ3n) is 5.11. The normalized spacial score (nSPS) is 11.6. The van der Waals surface area contributed by atoms with Gasteiger partial charge in [0, 0.05) is 23.8 Å². The van der Waals surface area contributed by atoms with Crippen molar-refractivity contribution in [2.75, 3.05) is 11.4 Å². The van der Waals surface area contributed by atoms with Crippen molar-refractivity contribution in [1.82, 2.24) is 4.98 Å². The standard InChI is InChI=1S/C23H21ClN4O3S2.Na/c1-3-28(14-16-6-4-5-7-19(16)24)21-11-8-17(12-15(21)2)26-27-23-25-20-10-9-18(33(29,30)31)13-22(20)32-23;/h4-13H,3,14H2,1-2H3,(H,29,30,31);/q;+1/p-1. The predicted octanol–water partition coefficient (Wildman–Crippen LogP) is 3.61. The van der Waals surface area contributed by atoms with E-state index in [9.17, 15) is 13.0 Å². The van der Waals surface area contributed by atoms with Gasteiger partial charge in [0.05, 0.1) is 20.8 Å². The number of aromatic nitrogens is 1. The first-order valence-electron chi connectivity index (χ1n) is 10.1. The fourth-order valence-electron chi connectivity index (χ4n) is 3.45. The van der Waals surface area contributed by atoms with Crippen molar-refractivity contribution in [3.63, 3.8) is 0 Å². The molecule has 0 fully saturated rings. The third-order valence-corrected chi connectivity index (χ3v) is 7.21. The molecule has 0 bridgehead atoms. The molecule has 0 unspecified atom stereocenters. The van der Waals surface area contributed by atoms with Crippen molar-refractivity contribution in [2.24, 2.45) is 10.2 Å². The van der Waals surface area contributed by atoms with Gasteiger partial charge in [-0.2, -0.15) is 0 Å². The van der Waals surface area contributed by atoms with E-state index in [0.29, 0.717) is 27.6 Å². The molecule has 11 heteroatoms. The molecule has 0 spiro atoms. The second-order valence-electron chi connectivity index (χ2n) is 7.36. The Kier molecular flexibility index (Phi) is 8.86. The van der Waals surface area contributed by atoms with E-state index in [4.69, 9.17) is 11.6 Å². The van der Waals surface area contributed by atoms with Crippen LogP contribution in [0, 0.1) is 6.92 Å². The Morgan fingerprint density at radius 3 is 2.53 bits per heavy atom. The maximum absolute atomic E-state index is 11.2. The molecule has 0 radical (unpaired) electrons. The van der Waals surface area contributed by atoms with E-state index in [1.54, 1.807) is 0 Å². The number of fused-ring (bicyclic) bond motifs is 1. The molecule has 170 valence electrons. The Balaban J connectivity index is 0.00000324. The maximum Gasteiger partial charge on any atom is 1.00 e. The Morgan fingerprint density at radius 1 is 1.09 bits per heavy atom. The van der Waals surface area contributed by atoms with E-state index in [2.05, 4.69) is 27.0 Å². The molecule has 0 saturated heterocycles. The van der Waals surface area contributed by atoms with Crippen LogP contribution in [-0.4, -0.2) is 24.5 Å². The molecule has 4 aromatic rings. The van der Waals surface area contributed by atoms with Gasteiger partial charge in [-0.3, -0.25) is 0 Å². The third kappa shape index (κ3) is 6.23. The van der Waals surface area contributed by atoms with Crippen LogP contribution >= 0.6 is 22.9 Å². The summed E-state index contributed by atoms with van der Waals surface area (Å²) in [6, 6.07) is 17.7. The average Bonchev–Trinajstić information content (AvgIpc) is 3.19. The minimum absolute atomic E-state index is 0. The van der Waals surface area contributed by atoms with Crippen molar-refractivity contribution in [1.29, 1.82) is 0 Å². The quantitative estimate of drug-likeness (QED) is 0.210. The monoisotopic (exact) mass is 522 g/mol. The summed E-state index contributed by atoms with van der Waals surface area (Å²) in [6.07, 6.45) is 0. The average molecular weight is 523 g/mol. The van der Waals surface area contributed by atoms with Crippen LogP contribution in [0.2, 0.25) is 5.02 Å². The fraction of sp³-hybridized carbons (Fsp3) is 0.174. The van der Waals surface area contributed by atoms with Gasteiger partial charge in [-0.1, -0.05) is 41.1 Å². The van der Waals surface area contributed by atoms with E-state index in [0.717, 1.165) is 28.4 Å². The number of halogens is 1. The second kappa shape index (κ2) is 11.3. The number of hydrogen-bond donors (Lipinski definition) is 0. The van der Waals surface area contributed by atoms with Crippen LogP contribution in [0.3, 0.4) is 0 Å². The van der Waals surface area contributed by atoms with Crippen molar-refractivity contribution in [3.05, 3.63) is 76.8 Å². The van der Waals surface area contributed by atoms with E-state index in [1.807, 2.05) is 49.4 Å². The van der Waals surface area contributed by atoms with E-state index in [-0.39, 0.29) is 34.5 Å². The number of aryl methyl sites for hydroxylation is 1. The van der Waals surface area contributed by atoms with Gasteiger partial charge in [-0.15, -0.1) is 10.2 Å². The zero-order valence-electron chi connectivity index (χ0n) is 18.9. The molecular formula is C23H20ClN4NaO3S2. The minimum atomic E-state index is -4.52. The Hall–Kier alpha value is -1.85. The summed E-state index contributed by atoms with van der Waals surface area (Å²) >= 11 is 7.50. The Labute approximate surface area is 229 Å². The topological polar surface area (TPSA) is 98.1 Å². The number of benzene rings is 3. The molecule has 3 aromatic carbocycles. The predicted molar refractivity (Wildman–Crippen MR) is 131 cm³/mol. The van der Waals surface area contributed by atoms with Gasteiger partial charge < -0.3 is 9.45 Å². The van der Waals surface area contributed by atoms with Crippen molar-refractivity contribution >= 4 is 59.8 Å². The summed E-state index contributed by atoms with van der Waals surface area (Å²) < 4.78 is 34.2. The number of anilines is 1. The number of azo groups is 1. The van der Waals surface area contributed by atoms with E-state index >= 15 is 0 Å². The maximum atomic E-state index is 11.2. The summed E-state index contributed by atoms with van der Waals surface area (Å²) in [6.45, 7) is 5.64. The van der Waals surface area contributed by atoms with Crippen LogP contribution < -0.4 is 34.5 Å². The largest absolute Gasteiger partial charge is 1.00 e. The van der Waals surface area contributed by atoms with Crippen molar-refractivity contribution in [2.45, 2.75) is 25.3 Å². The van der Waals surface area contributed by atoms with Crippen LogP contribution in [0.25, 0.3) is 10.2 Å². The summed E-state index contributed by atoms with van der Waals surface area (Å²) in [7, 11) is -4.52. The van der Waals surface area contributed by atoms with Crippen LogP contribution in [0.15, 0.2) is 75.8 Å². The number of hydrogen-bond acceptors (Lipinski definition) is 8. The Morgan fingerprint density at radius 2 is 1.85 bits per heavy atom. The first-order chi connectivity index (χ1) is 15.7. The molecule has 0 aliphatic heterocycles. The number of thiazole rings is 1. The van der Waals surface area contributed by atoms with Crippen LogP contribution in [0.5, 0.6) is 0 Å². The molecule has 7 nitrogen and oxygen atoms in total. The van der Waals surface area contributed by atoms with Crippen molar-refractivity contribution in [3.8, 4) is 0 Å². The summed E-state index contributed by atoms with van der Waals surface area (Å²) in [5, 5.41) is 9.60. The summed E-state index contributed by atoms with van der Waals surface area (Å²) in [4.78, 5) is 6.28. The fourth-order valence-corrected chi connectivity index (χ4v) is 5.04. The summed E-state index contributed by atoms with van der Waals surface area (Å²) in [5.41, 5.74) is 4.43. The van der Waals surface area contributed by atoms with Crippen LogP contribution in [0.1, 0.15) is 18.1 Å². The van der Waals surface area contributed by atoms with Gasteiger partial charge in [0.15, 0.2) is 0 Å². The molecule has 1 aromatic heterocycles. The zero-order valence-corrected chi connectivity index (χ0v) is 23.3. The minimum Gasteiger partial charge on any atom is -0.744 e. The molecule has 1 heterocycles. The number of nitrogens with zero attached hydrogens (tertiary/aromatic N) is 4. The van der Waals surface area contributed by atoms with Gasteiger partial charge in [0.25, 0.3) is 0 Å². The molecule has 0 N–H and O–H groups in total. The molecule has 0 aliphatic rings. The molecule has 0 atom stereocenters. The van der Waals surface area contributed by atoms with Gasteiger partial charge in [0.2, 0.25) is 5.13 Å². The zero-order chi connectivity index (χ0) is 23.6. The molecular weight excluding hydrogens is 503 g/mol. The molecule has 4 rings (SSSR count). The van der Waals surface area contributed by atoms with Crippen LogP contribution in [-0.2, 0) is 16.7 Å². The van der Waals surface area contributed by atoms with Crippen molar-refractivity contribution < 1.29 is 42.5 Å². The molecule has 34 heavy (non-hydrogen) atoms. The smallest absolute Gasteiger partial charge is 0.744 e.